The van der Waals surface area contributed by atoms with Crippen molar-refractivity contribution < 1.29 is 4.74 Å². The maximum absolute atomic E-state index is 5.90. The average molecular weight is 163 g/mol. The zero-order valence-corrected chi connectivity index (χ0v) is 7.21. The third-order valence-electron chi connectivity index (χ3n) is 2.26. The fourth-order valence-corrected chi connectivity index (χ4v) is 1.35. The lowest BCUT2D eigenvalue weighted by molar-refractivity contribution is 0.408. The van der Waals surface area contributed by atoms with Gasteiger partial charge >= 0.3 is 0 Å². The Morgan fingerprint density at radius 3 is 3.00 bits per heavy atom. The van der Waals surface area contributed by atoms with Crippen molar-refractivity contribution in [1.82, 2.24) is 0 Å². The van der Waals surface area contributed by atoms with Crippen LogP contribution in [0.1, 0.15) is 11.1 Å². The van der Waals surface area contributed by atoms with Crippen LogP contribution < -0.4 is 5.73 Å². The second kappa shape index (κ2) is 2.79. The smallest absolute Gasteiger partial charge is 0.0850 e. The third-order valence-corrected chi connectivity index (χ3v) is 2.26. The summed E-state index contributed by atoms with van der Waals surface area (Å²) in [6.07, 6.45) is 1.39. The average Bonchev–Trinajstić information content (AvgIpc) is 2.83. The summed E-state index contributed by atoms with van der Waals surface area (Å²) in [5.74, 6) is 0. The van der Waals surface area contributed by atoms with Crippen LogP contribution >= 0.6 is 0 Å². The van der Waals surface area contributed by atoms with Crippen LogP contribution in [0.2, 0.25) is 0 Å². The highest BCUT2D eigenvalue weighted by Gasteiger charge is 2.23. The van der Waals surface area contributed by atoms with Crippen LogP contribution in [0, 0.1) is 6.92 Å². The molecule has 1 aliphatic heterocycles. The largest absolute Gasteiger partial charge is 0.398 e. The van der Waals surface area contributed by atoms with Gasteiger partial charge in [-0.2, -0.15) is 0 Å². The van der Waals surface area contributed by atoms with Gasteiger partial charge in [-0.05, 0) is 18.1 Å². The Hall–Kier alpha value is -1.02. The number of aryl methyl sites for hydroxylation is 1. The van der Waals surface area contributed by atoms with E-state index < -0.39 is 0 Å². The Bertz CT molecular complexity index is 292. The van der Waals surface area contributed by atoms with Crippen LogP contribution in [0.25, 0.3) is 0 Å². The summed E-state index contributed by atoms with van der Waals surface area (Å²) in [7, 11) is 0. The summed E-state index contributed by atoms with van der Waals surface area (Å²) in [5.41, 5.74) is 9.21. The highest BCUT2D eigenvalue weighted by Crippen LogP contribution is 2.22. The van der Waals surface area contributed by atoms with Crippen molar-refractivity contribution in [3.63, 3.8) is 0 Å². The van der Waals surface area contributed by atoms with E-state index in [2.05, 4.69) is 6.07 Å². The van der Waals surface area contributed by atoms with E-state index in [1.807, 2.05) is 19.1 Å². The minimum atomic E-state index is 0.425. The van der Waals surface area contributed by atoms with E-state index in [1.165, 1.54) is 5.56 Å². The molecule has 0 aromatic heterocycles. The normalized spacial score (nSPS) is 20.9. The van der Waals surface area contributed by atoms with Gasteiger partial charge in [-0.1, -0.05) is 18.2 Å². The molecule has 1 aromatic rings. The molecule has 1 unspecified atom stereocenters. The Morgan fingerprint density at radius 1 is 1.58 bits per heavy atom. The molecule has 1 fully saturated rings. The molecule has 2 heteroatoms. The monoisotopic (exact) mass is 163 g/mol. The molecule has 1 aliphatic rings. The van der Waals surface area contributed by atoms with E-state index in [0.717, 1.165) is 24.3 Å². The van der Waals surface area contributed by atoms with Gasteiger partial charge in [0.05, 0.1) is 12.7 Å². The van der Waals surface area contributed by atoms with Crippen molar-refractivity contribution in [3.05, 3.63) is 29.3 Å². The fraction of sp³-hybridized carbons (Fsp3) is 0.400. The zero-order chi connectivity index (χ0) is 8.55. The summed E-state index contributed by atoms with van der Waals surface area (Å²) in [4.78, 5) is 0. The second-order valence-electron chi connectivity index (χ2n) is 3.31. The molecule has 2 rings (SSSR count). The van der Waals surface area contributed by atoms with Gasteiger partial charge in [-0.15, -0.1) is 0 Å². The highest BCUT2D eigenvalue weighted by molar-refractivity contribution is 5.53. The predicted octanol–water partition coefficient (Wildman–Crippen LogP) is 1.52. The van der Waals surface area contributed by atoms with Crippen LogP contribution in [-0.4, -0.2) is 12.7 Å². The molecular formula is C10H13NO. The molecular weight excluding hydrogens is 150 g/mol. The first kappa shape index (κ1) is 7.62. The van der Waals surface area contributed by atoms with Crippen molar-refractivity contribution >= 4 is 5.69 Å². The number of para-hydroxylation sites is 1. The zero-order valence-electron chi connectivity index (χ0n) is 7.21. The molecule has 0 saturated carbocycles. The van der Waals surface area contributed by atoms with Crippen molar-refractivity contribution in [3.8, 4) is 0 Å². The Kier molecular flexibility index (Phi) is 1.77. The van der Waals surface area contributed by atoms with Crippen molar-refractivity contribution in [2.45, 2.75) is 19.4 Å². The van der Waals surface area contributed by atoms with Gasteiger partial charge in [0.25, 0.3) is 0 Å². The van der Waals surface area contributed by atoms with Gasteiger partial charge in [0.2, 0.25) is 0 Å². The molecule has 0 bridgehead atoms. The number of nitrogens with two attached hydrogens (primary N) is 1. The number of epoxide rings is 1. The lowest BCUT2D eigenvalue weighted by atomic mass is 10.0. The van der Waals surface area contributed by atoms with E-state index in [-0.39, 0.29) is 0 Å². The molecule has 1 aromatic carbocycles. The van der Waals surface area contributed by atoms with Crippen LogP contribution in [0.3, 0.4) is 0 Å². The molecule has 12 heavy (non-hydrogen) atoms. The first-order valence-electron chi connectivity index (χ1n) is 4.23. The van der Waals surface area contributed by atoms with Crippen molar-refractivity contribution in [2.24, 2.45) is 0 Å². The minimum absolute atomic E-state index is 0.425. The summed E-state index contributed by atoms with van der Waals surface area (Å²) >= 11 is 0. The van der Waals surface area contributed by atoms with Crippen LogP contribution in [0.5, 0.6) is 0 Å². The number of hydrogen-bond acceptors (Lipinski definition) is 2. The van der Waals surface area contributed by atoms with E-state index in [0.29, 0.717) is 6.10 Å². The van der Waals surface area contributed by atoms with Gasteiger partial charge in [0.15, 0.2) is 0 Å². The third kappa shape index (κ3) is 1.43. The molecule has 0 spiro atoms. The number of hydrogen-bond donors (Lipinski definition) is 1. The summed E-state index contributed by atoms with van der Waals surface area (Å²) < 4.78 is 5.15. The first-order chi connectivity index (χ1) is 5.77. The molecule has 1 heterocycles. The first-order valence-corrected chi connectivity index (χ1v) is 4.23. The number of rotatable bonds is 2. The SMILES string of the molecule is Cc1cccc(CC2CO2)c1N. The molecule has 64 valence electrons. The molecule has 2 N–H and O–H groups in total. The van der Waals surface area contributed by atoms with Gasteiger partial charge < -0.3 is 10.5 Å². The number of anilines is 1. The fourth-order valence-electron chi connectivity index (χ4n) is 1.35. The number of benzene rings is 1. The Balaban J connectivity index is 2.23. The highest BCUT2D eigenvalue weighted by atomic mass is 16.6. The van der Waals surface area contributed by atoms with Crippen molar-refractivity contribution in [1.29, 1.82) is 0 Å². The van der Waals surface area contributed by atoms with Gasteiger partial charge in [0.1, 0.15) is 0 Å². The van der Waals surface area contributed by atoms with Gasteiger partial charge in [-0.25, -0.2) is 0 Å². The quantitative estimate of drug-likeness (QED) is 0.530. The lowest BCUT2D eigenvalue weighted by Gasteiger charge is -2.05. The van der Waals surface area contributed by atoms with Crippen molar-refractivity contribution in [2.75, 3.05) is 12.3 Å². The second-order valence-corrected chi connectivity index (χ2v) is 3.31. The number of ether oxygens (including phenoxy) is 1. The Morgan fingerprint density at radius 2 is 2.33 bits per heavy atom. The standard InChI is InChI=1S/C10H13NO/c1-7-3-2-4-8(10(7)11)5-9-6-12-9/h2-4,9H,5-6,11H2,1H3. The summed E-state index contributed by atoms with van der Waals surface area (Å²) in [5, 5.41) is 0. The Labute approximate surface area is 72.3 Å². The van der Waals surface area contributed by atoms with E-state index in [1.54, 1.807) is 0 Å². The topological polar surface area (TPSA) is 38.5 Å². The van der Waals surface area contributed by atoms with Gasteiger partial charge in [-0.3, -0.25) is 0 Å². The molecule has 0 amide bonds. The molecule has 0 aliphatic carbocycles. The molecule has 2 nitrogen and oxygen atoms in total. The van der Waals surface area contributed by atoms with Gasteiger partial charge in [0, 0.05) is 12.1 Å². The maximum atomic E-state index is 5.90. The lowest BCUT2D eigenvalue weighted by Crippen LogP contribution is -2.00. The van der Waals surface area contributed by atoms with E-state index in [4.69, 9.17) is 10.5 Å². The molecule has 1 saturated heterocycles. The molecule has 1 atom stereocenters. The van der Waals surface area contributed by atoms with Crippen LogP contribution in [-0.2, 0) is 11.2 Å². The maximum Gasteiger partial charge on any atom is 0.0850 e. The van der Waals surface area contributed by atoms with Crippen LogP contribution in [0.15, 0.2) is 18.2 Å². The summed E-state index contributed by atoms with van der Waals surface area (Å²) in [6, 6.07) is 6.15. The van der Waals surface area contributed by atoms with E-state index >= 15 is 0 Å². The number of nitrogen functional groups attached to an aromatic ring is 1. The predicted molar refractivity (Wildman–Crippen MR) is 49.0 cm³/mol. The van der Waals surface area contributed by atoms with Crippen LogP contribution in [0.4, 0.5) is 5.69 Å². The molecule has 0 radical (unpaired) electrons. The minimum Gasteiger partial charge on any atom is -0.398 e. The van der Waals surface area contributed by atoms with E-state index in [9.17, 15) is 0 Å². The summed E-state index contributed by atoms with van der Waals surface area (Å²) in [6.45, 7) is 2.93.